The van der Waals surface area contributed by atoms with Crippen LogP contribution in [-0.4, -0.2) is 31.6 Å². The van der Waals surface area contributed by atoms with Crippen LogP contribution in [0.3, 0.4) is 0 Å². The van der Waals surface area contributed by atoms with Crippen LogP contribution in [-0.2, 0) is 0 Å². The minimum atomic E-state index is -0.00349. The highest BCUT2D eigenvalue weighted by atomic mass is 35.5. The second-order valence-electron chi connectivity index (χ2n) is 5.24. The van der Waals surface area contributed by atoms with E-state index >= 15 is 0 Å². The zero-order valence-electron chi connectivity index (χ0n) is 12.6. The summed E-state index contributed by atoms with van der Waals surface area (Å²) in [6.07, 6.45) is 4.46. The molecular weight excluding hydrogens is 288 g/mol. The molecule has 1 atom stereocenters. The Morgan fingerprint density at radius 1 is 1.33 bits per heavy atom. The number of benzene rings is 1. The van der Waals surface area contributed by atoms with Gasteiger partial charge in [0.05, 0.1) is 6.61 Å². The number of ether oxygens (including phenoxy) is 1. The molecule has 1 fully saturated rings. The number of carbonyl (C=O) groups excluding carboxylic acids is 1. The highest BCUT2D eigenvalue weighted by Crippen LogP contribution is 2.13. The molecular formula is C16H25ClN2O2. The normalized spacial score (nSPS) is 17.1. The summed E-state index contributed by atoms with van der Waals surface area (Å²) in [5.74, 6) is 0.830. The summed E-state index contributed by atoms with van der Waals surface area (Å²) >= 11 is 0. The number of hydrogen-bond acceptors (Lipinski definition) is 3. The van der Waals surface area contributed by atoms with Gasteiger partial charge in [0.2, 0.25) is 0 Å². The molecule has 2 N–H and O–H groups in total. The van der Waals surface area contributed by atoms with Gasteiger partial charge in [-0.25, -0.2) is 0 Å². The first-order chi connectivity index (χ1) is 9.79. The minimum absolute atomic E-state index is 0. The molecule has 1 heterocycles. The van der Waals surface area contributed by atoms with Crippen molar-refractivity contribution in [2.45, 2.75) is 38.6 Å². The topological polar surface area (TPSA) is 50.4 Å². The van der Waals surface area contributed by atoms with E-state index in [1.54, 1.807) is 0 Å². The molecule has 118 valence electrons. The Balaban J connectivity index is 0.00000220. The monoisotopic (exact) mass is 312 g/mol. The maximum Gasteiger partial charge on any atom is 0.251 e. The number of rotatable bonds is 7. The van der Waals surface area contributed by atoms with Gasteiger partial charge in [0.15, 0.2) is 0 Å². The number of halogens is 1. The van der Waals surface area contributed by atoms with Gasteiger partial charge in [-0.05, 0) is 43.7 Å². The lowest BCUT2D eigenvalue weighted by Crippen LogP contribution is -2.36. The molecule has 0 bridgehead atoms. The fourth-order valence-electron chi connectivity index (χ4n) is 2.29. The van der Waals surface area contributed by atoms with Crippen molar-refractivity contribution >= 4 is 18.3 Å². The highest BCUT2D eigenvalue weighted by molar-refractivity contribution is 5.94. The second kappa shape index (κ2) is 9.64. The lowest BCUT2D eigenvalue weighted by molar-refractivity contribution is 0.0940. The van der Waals surface area contributed by atoms with Gasteiger partial charge in [-0.1, -0.05) is 19.8 Å². The van der Waals surface area contributed by atoms with E-state index in [0.29, 0.717) is 5.56 Å². The Kier molecular flexibility index (Phi) is 8.16. The number of hydrogen-bond donors (Lipinski definition) is 2. The van der Waals surface area contributed by atoms with Crippen molar-refractivity contribution in [2.75, 3.05) is 19.7 Å². The maximum absolute atomic E-state index is 12.0. The molecule has 0 aliphatic carbocycles. The average molecular weight is 313 g/mol. The lowest BCUT2D eigenvalue weighted by Gasteiger charge is -2.11. The summed E-state index contributed by atoms with van der Waals surface area (Å²) in [7, 11) is 0. The van der Waals surface area contributed by atoms with Gasteiger partial charge in [-0.2, -0.15) is 0 Å². The fourth-order valence-corrected chi connectivity index (χ4v) is 2.29. The van der Waals surface area contributed by atoms with Crippen LogP contribution in [0.25, 0.3) is 0 Å². The van der Waals surface area contributed by atoms with Crippen LogP contribution in [0.15, 0.2) is 24.3 Å². The Labute approximate surface area is 133 Å². The van der Waals surface area contributed by atoms with Crippen molar-refractivity contribution in [1.29, 1.82) is 0 Å². The van der Waals surface area contributed by atoms with Crippen LogP contribution in [0.1, 0.15) is 43.0 Å². The quantitative estimate of drug-likeness (QED) is 0.761. The predicted molar refractivity (Wildman–Crippen MR) is 87.5 cm³/mol. The molecule has 0 radical (unpaired) electrons. The van der Waals surface area contributed by atoms with Gasteiger partial charge in [-0.15, -0.1) is 12.4 Å². The van der Waals surface area contributed by atoms with Crippen molar-refractivity contribution in [3.05, 3.63) is 29.8 Å². The third kappa shape index (κ3) is 5.94. The zero-order chi connectivity index (χ0) is 14.2. The zero-order valence-corrected chi connectivity index (χ0v) is 13.4. The Morgan fingerprint density at radius 2 is 2.10 bits per heavy atom. The molecule has 1 amide bonds. The molecule has 4 nitrogen and oxygen atoms in total. The minimum Gasteiger partial charge on any atom is -0.494 e. The number of carbonyl (C=O) groups is 1. The van der Waals surface area contributed by atoms with Crippen LogP contribution in [0.5, 0.6) is 5.75 Å². The van der Waals surface area contributed by atoms with E-state index in [1.807, 2.05) is 24.3 Å². The van der Waals surface area contributed by atoms with E-state index in [2.05, 4.69) is 17.6 Å². The summed E-state index contributed by atoms with van der Waals surface area (Å²) in [5, 5.41) is 6.27. The summed E-state index contributed by atoms with van der Waals surface area (Å²) in [6, 6.07) is 7.65. The van der Waals surface area contributed by atoms with Gasteiger partial charge in [0.1, 0.15) is 5.75 Å². The van der Waals surface area contributed by atoms with Crippen LogP contribution < -0.4 is 15.4 Å². The molecule has 0 spiro atoms. The van der Waals surface area contributed by atoms with E-state index in [-0.39, 0.29) is 24.4 Å². The molecule has 1 aliphatic heterocycles. The van der Waals surface area contributed by atoms with Crippen LogP contribution >= 0.6 is 12.4 Å². The molecule has 1 saturated heterocycles. The summed E-state index contributed by atoms with van der Waals surface area (Å²) in [6.45, 7) is 4.76. The largest absolute Gasteiger partial charge is 0.494 e. The second-order valence-corrected chi connectivity index (χ2v) is 5.24. The average Bonchev–Trinajstić information content (AvgIpc) is 2.97. The van der Waals surface area contributed by atoms with Crippen molar-refractivity contribution in [3.63, 3.8) is 0 Å². The SMILES string of the molecule is CCCCCOc1ccc(C(=O)NC2CCNC2)cc1.Cl. The summed E-state index contributed by atoms with van der Waals surface area (Å²) in [4.78, 5) is 12.0. The Morgan fingerprint density at radius 3 is 2.71 bits per heavy atom. The lowest BCUT2D eigenvalue weighted by atomic mass is 10.2. The number of nitrogens with one attached hydrogen (secondary N) is 2. The van der Waals surface area contributed by atoms with Crippen molar-refractivity contribution in [3.8, 4) is 5.75 Å². The fraction of sp³-hybridized carbons (Fsp3) is 0.562. The van der Waals surface area contributed by atoms with Gasteiger partial charge in [0, 0.05) is 18.2 Å². The highest BCUT2D eigenvalue weighted by Gasteiger charge is 2.17. The predicted octanol–water partition coefficient (Wildman–Crippen LogP) is 2.77. The Bertz CT molecular complexity index is 417. The summed E-state index contributed by atoms with van der Waals surface area (Å²) < 4.78 is 5.63. The third-order valence-corrected chi connectivity index (χ3v) is 3.53. The number of unbranched alkanes of at least 4 members (excludes halogenated alkanes) is 2. The van der Waals surface area contributed by atoms with Gasteiger partial charge >= 0.3 is 0 Å². The molecule has 0 saturated carbocycles. The standard InChI is InChI=1S/C16H24N2O2.ClH/c1-2-3-4-11-20-15-7-5-13(6-8-15)16(19)18-14-9-10-17-12-14;/h5-8,14,17H,2-4,9-12H2,1H3,(H,18,19);1H. The maximum atomic E-state index is 12.0. The smallest absolute Gasteiger partial charge is 0.251 e. The number of amides is 1. The first-order valence-electron chi connectivity index (χ1n) is 7.54. The van der Waals surface area contributed by atoms with Crippen molar-refractivity contribution in [2.24, 2.45) is 0 Å². The molecule has 5 heteroatoms. The molecule has 2 rings (SSSR count). The van der Waals surface area contributed by atoms with E-state index in [1.165, 1.54) is 12.8 Å². The summed E-state index contributed by atoms with van der Waals surface area (Å²) in [5.41, 5.74) is 0.692. The molecule has 1 aliphatic rings. The van der Waals surface area contributed by atoms with Gasteiger partial charge < -0.3 is 15.4 Å². The first kappa shape index (κ1) is 17.8. The molecule has 1 aromatic carbocycles. The molecule has 1 aromatic rings. The van der Waals surface area contributed by atoms with Crippen LogP contribution in [0, 0.1) is 0 Å². The van der Waals surface area contributed by atoms with Crippen molar-refractivity contribution < 1.29 is 9.53 Å². The molecule has 1 unspecified atom stereocenters. The first-order valence-corrected chi connectivity index (χ1v) is 7.54. The Hall–Kier alpha value is -1.26. The van der Waals surface area contributed by atoms with Gasteiger partial charge in [0.25, 0.3) is 5.91 Å². The van der Waals surface area contributed by atoms with Crippen LogP contribution in [0.2, 0.25) is 0 Å². The van der Waals surface area contributed by atoms with Gasteiger partial charge in [-0.3, -0.25) is 4.79 Å². The van der Waals surface area contributed by atoms with E-state index in [9.17, 15) is 4.79 Å². The third-order valence-electron chi connectivity index (χ3n) is 3.53. The van der Waals surface area contributed by atoms with Crippen molar-refractivity contribution in [1.82, 2.24) is 10.6 Å². The molecule has 0 aromatic heterocycles. The molecule has 21 heavy (non-hydrogen) atoms. The van der Waals surface area contributed by atoms with Crippen LogP contribution in [0.4, 0.5) is 0 Å². The van der Waals surface area contributed by atoms with E-state index in [0.717, 1.165) is 38.3 Å². The van der Waals surface area contributed by atoms with E-state index in [4.69, 9.17) is 4.74 Å². The van der Waals surface area contributed by atoms with E-state index < -0.39 is 0 Å².